The summed E-state index contributed by atoms with van der Waals surface area (Å²) < 4.78 is 0. The average Bonchev–Trinajstić information content (AvgIpc) is 2.18. The molecule has 0 saturated carbocycles. The van der Waals surface area contributed by atoms with Crippen molar-refractivity contribution in [1.82, 2.24) is 4.98 Å². The lowest BCUT2D eigenvalue weighted by atomic mass is 10.4. The van der Waals surface area contributed by atoms with Crippen LogP contribution in [0.3, 0.4) is 0 Å². The Labute approximate surface area is 90.0 Å². The molecular formula is C8H9N3O3S. The molecule has 0 spiro atoms. The number of pyridine rings is 1. The van der Waals surface area contributed by atoms with Crippen LogP contribution in [0.15, 0.2) is 23.4 Å². The molecule has 0 aliphatic heterocycles. The van der Waals surface area contributed by atoms with Crippen LogP contribution < -0.4 is 5.73 Å². The summed E-state index contributed by atoms with van der Waals surface area (Å²) in [6.07, 6.45) is 1.45. The minimum Gasteiger partial charge on any atom is -0.370 e. The fraction of sp³-hybridized carbons (Fsp3) is 0.250. The number of amides is 1. The molecule has 2 N–H and O–H groups in total. The first-order chi connectivity index (χ1) is 7.09. The second-order valence-electron chi connectivity index (χ2n) is 2.68. The first-order valence-electron chi connectivity index (χ1n) is 4.11. The van der Waals surface area contributed by atoms with E-state index in [9.17, 15) is 14.9 Å². The number of thioether (sulfide) groups is 1. The summed E-state index contributed by atoms with van der Waals surface area (Å²) in [5.74, 6) is 0.157. The van der Waals surface area contributed by atoms with E-state index in [4.69, 9.17) is 5.73 Å². The number of nitro groups is 1. The Bertz CT molecular complexity index is 366. The summed E-state index contributed by atoms with van der Waals surface area (Å²) in [6, 6.07) is 2.92. The lowest BCUT2D eigenvalue weighted by Crippen LogP contribution is -2.10. The van der Waals surface area contributed by atoms with Gasteiger partial charge >= 0.3 is 0 Å². The molecule has 0 saturated heterocycles. The molecule has 0 aromatic carbocycles. The Hall–Kier alpha value is -1.63. The van der Waals surface area contributed by atoms with Gasteiger partial charge in [-0.15, -0.1) is 11.8 Å². The third kappa shape index (κ3) is 3.94. The van der Waals surface area contributed by atoms with E-state index in [0.29, 0.717) is 10.8 Å². The first-order valence-corrected chi connectivity index (χ1v) is 5.09. The number of nitrogens with two attached hydrogens (primary N) is 1. The Morgan fingerprint density at radius 3 is 2.80 bits per heavy atom. The van der Waals surface area contributed by atoms with Crippen LogP contribution in [-0.4, -0.2) is 21.6 Å². The molecule has 1 amide bonds. The van der Waals surface area contributed by atoms with E-state index < -0.39 is 4.92 Å². The number of hydrogen-bond donors (Lipinski definition) is 1. The van der Waals surface area contributed by atoms with Crippen LogP contribution in [-0.2, 0) is 4.79 Å². The monoisotopic (exact) mass is 227 g/mol. The van der Waals surface area contributed by atoms with E-state index >= 15 is 0 Å². The van der Waals surface area contributed by atoms with Gasteiger partial charge in [0.15, 0.2) is 0 Å². The van der Waals surface area contributed by atoms with Gasteiger partial charge < -0.3 is 5.73 Å². The molecule has 80 valence electrons. The summed E-state index contributed by atoms with van der Waals surface area (Å²) in [5, 5.41) is 11.0. The van der Waals surface area contributed by atoms with Gasteiger partial charge in [0.1, 0.15) is 6.20 Å². The number of hydrogen-bond acceptors (Lipinski definition) is 5. The number of nitrogens with zero attached hydrogens (tertiary/aromatic N) is 2. The molecule has 0 fully saturated rings. The van der Waals surface area contributed by atoms with Crippen LogP contribution in [0.25, 0.3) is 0 Å². The highest BCUT2D eigenvalue weighted by atomic mass is 32.2. The Balaban J connectivity index is 2.50. The third-order valence-electron chi connectivity index (χ3n) is 1.53. The van der Waals surface area contributed by atoms with Gasteiger partial charge in [0.25, 0.3) is 5.69 Å². The van der Waals surface area contributed by atoms with Gasteiger partial charge in [-0.1, -0.05) is 0 Å². The quantitative estimate of drug-likeness (QED) is 0.458. The maximum absolute atomic E-state index is 10.4. The highest BCUT2D eigenvalue weighted by Crippen LogP contribution is 2.18. The van der Waals surface area contributed by atoms with Crippen molar-refractivity contribution in [2.45, 2.75) is 11.4 Å². The number of carbonyl (C=O) groups excluding carboxylic acids is 1. The van der Waals surface area contributed by atoms with Crippen molar-refractivity contribution in [1.29, 1.82) is 0 Å². The smallest absolute Gasteiger partial charge is 0.287 e. The second kappa shape index (κ2) is 5.30. The van der Waals surface area contributed by atoms with Crippen LogP contribution in [0.2, 0.25) is 0 Å². The van der Waals surface area contributed by atoms with Crippen LogP contribution in [0.5, 0.6) is 0 Å². The standard InChI is InChI=1S/C8H9N3O3S/c9-7(12)3-4-15-8-2-1-6(5-10-8)11(13)14/h1-2,5H,3-4H2,(H2,9,12). The number of primary amides is 1. The molecule has 0 unspecified atom stereocenters. The van der Waals surface area contributed by atoms with E-state index in [1.807, 2.05) is 0 Å². The summed E-state index contributed by atoms with van der Waals surface area (Å²) in [7, 11) is 0. The van der Waals surface area contributed by atoms with E-state index in [0.717, 1.165) is 0 Å². The zero-order valence-electron chi connectivity index (χ0n) is 7.75. The minimum absolute atomic E-state index is 0.0470. The van der Waals surface area contributed by atoms with Gasteiger partial charge in [0, 0.05) is 18.2 Å². The lowest BCUT2D eigenvalue weighted by Gasteiger charge is -1.97. The molecule has 0 atom stereocenters. The normalized spacial score (nSPS) is 9.87. The summed E-state index contributed by atoms with van der Waals surface area (Å²) in [4.78, 5) is 24.1. The van der Waals surface area contributed by atoms with E-state index in [-0.39, 0.29) is 18.0 Å². The fourth-order valence-corrected chi connectivity index (χ4v) is 1.63. The van der Waals surface area contributed by atoms with Crippen LogP contribution in [0.1, 0.15) is 6.42 Å². The predicted molar refractivity (Wildman–Crippen MR) is 55.4 cm³/mol. The Kier molecular flexibility index (Phi) is 4.04. The van der Waals surface area contributed by atoms with Crippen molar-refractivity contribution in [3.63, 3.8) is 0 Å². The predicted octanol–water partition coefficient (Wildman–Crippen LogP) is 0.957. The third-order valence-corrected chi connectivity index (χ3v) is 2.48. The zero-order valence-corrected chi connectivity index (χ0v) is 8.57. The van der Waals surface area contributed by atoms with Crippen LogP contribution in [0, 0.1) is 10.1 Å². The molecule has 1 heterocycles. The molecule has 7 heteroatoms. The molecule has 1 rings (SSSR count). The average molecular weight is 227 g/mol. The van der Waals surface area contributed by atoms with Crippen molar-refractivity contribution >= 4 is 23.4 Å². The van der Waals surface area contributed by atoms with Gasteiger partial charge in [-0.2, -0.15) is 0 Å². The van der Waals surface area contributed by atoms with Crippen molar-refractivity contribution in [3.8, 4) is 0 Å². The largest absolute Gasteiger partial charge is 0.370 e. The first kappa shape index (κ1) is 11.4. The molecule has 1 aromatic rings. The molecule has 0 aliphatic rings. The summed E-state index contributed by atoms with van der Waals surface area (Å²) in [6.45, 7) is 0. The fourth-order valence-electron chi connectivity index (χ4n) is 0.822. The summed E-state index contributed by atoms with van der Waals surface area (Å²) >= 11 is 1.33. The lowest BCUT2D eigenvalue weighted by molar-refractivity contribution is -0.385. The number of aromatic nitrogens is 1. The highest BCUT2D eigenvalue weighted by molar-refractivity contribution is 7.99. The molecule has 0 radical (unpaired) electrons. The van der Waals surface area contributed by atoms with Crippen LogP contribution >= 0.6 is 11.8 Å². The maximum atomic E-state index is 10.4. The van der Waals surface area contributed by atoms with Crippen molar-refractivity contribution in [2.24, 2.45) is 5.73 Å². The van der Waals surface area contributed by atoms with Gasteiger partial charge in [-0.25, -0.2) is 4.98 Å². The number of rotatable bonds is 5. The van der Waals surface area contributed by atoms with Crippen LogP contribution in [0.4, 0.5) is 5.69 Å². The van der Waals surface area contributed by atoms with Crippen molar-refractivity contribution in [3.05, 3.63) is 28.4 Å². The van der Waals surface area contributed by atoms with E-state index in [2.05, 4.69) is 4.98 Å². The summed E-state index contributed by atoms with van der Waals surface area (Å²) in [5.41, 5.74) is 4.91. The van der Waals surface area contributed by atoms with Gasteiger partial charge in [-0.3, -0.25) is 14.9 Å². The molecule has 1 aromatic heterocycles. The Morgan fingerprint density at radius 1 is 1.60 bits per heavy atom. The van der Waals surface area contributed by atoms with Gasteiger partial charge in [-0.05, 0) is 6.07 Å². The molecule has 15 heavy (non-hydrogen) atoms. The maximum Gasteiger partial charge on any atom is 0.287 e. The van der Waals surface area contributed by atoms with Gasteiger partial charge in [0.2, 0.25) is 5.91 Å². The van der Waals surface area contributed by atoms with E-state index in [1.165, 1.54) is 24.0 Å². The second-order valence-corrected chi connectivity index (χ2v) is 3.79. The molecule has 6 nitrogen and oxygen atoms in total. The van der Waals surface area contributed by atoms with Gasteiger partial charge in [0.05, 0.1) is 9.95 Å². The Morgan fingerprint density at radius 2 is 2.33 bits per heavy atom. The molecule has 0 aliphatic carbocycles. The molecular weight excluding hydrogens is 218 g/mol. The zero-order chi connectivity index (χ0) is 11.3. The SMILES string of the molecule is NC(=O)CCSc1ccc([N+](=O)[O-])cn1. The minimum atomic E-state index is -0.509. The number of carbonyl (C=O) groups is 1. The van der Waals surface area contributed by atoms with Crippen molar-refractivity contribution < 1.29 is 9.72 Å². The van der Waals surface area contributed by atoms with E-state index in [1.54, 1.807) is 6.07 Å². The topological polar surface area (TPSA) is 99.1 Å². The van der Waals surface area contributed by atoms with Crippen molar-refractivity contribution in [2.75, 3.05) is 5.75 Å². The molecule has 0 bridgehead atoms. The highest BCUT2D eigenvalue weighted by Gasteiger charge is 2.05.